The predicted molar refractivity (Wildman–Crippen MR) is 103 cm³/mol. The van der Waals surface area contributed by atoms with Crippen LogP contribution in [-0.2, 0) is 16.1 Å². The van der Waals surface area contributed by atoms with Crippen molar-refractivity contribution in [3.05, 3.63) is 57.3 Å². The number of benzene rings is 1. The van der Waals surface area contributed by atoms with Crippen molar-refractivity contribution in [1.29, 1.82) is 0 Å². The Morgan fingerprint density at radius 3 is 2.64 bits per heavy atom. The molecule has 1 N–H and O–H groups in total. The highest BCUT2D eigenvalue weighted by atomic mass is 32.1. The van der Waals surface area contributed by atoms with Gasteiger partial charge in [-0.15, -0.1) is 11.3 Å². The molecule has 1 aromatic carbocycles. The van der Waals surface area contributed by atoms with Crippen LogP contribution < -0.4 is 5.32 Å². The quantitative estimate of drug-likeness (QED) is 0.543. The number of nitrogens with zero attached hydrogens (tertiary/aromatic N) is 1. The number of imide groups is 1. The Hall–Kier alpha value is -3.00. The number of thiophene rings is 1. The molecule has 0 bridgehead atoms. The van der Waals surface area contributed by atoms with Gasteiger partial charge in [-0.2, -0.15) is 0 Å². The number of fused-ring (bicyclic) bond motifs is 1. The van der Waals surface area contributed by atoms with Crippen LogP contribution in [-0.4, -0.2) is 41.7 Å². The molecule has 0 aliphatic carbocycles. The van der Waals surface area contributed by atoms with Crippen molar-refractivity contribution in [3.63, 3.8) is 0 Å². The molecule has 0 atom stereocenters. The maximum absolute atomic E-state index is 12.4. The Kier molecular flexibility index (Phi) is 6.20. The summed E-state index contributed by atoms with van der Waals surface area (Å²) in [7, 11) is 0. The molecule has 0 spiro atoms. The molecule has 2 aromatic rings. The molecule has 146 valence electrons. The Labute approximate surface area is 166 Å². The maximum Gasteiger partial charge on any atom is 0.338 e. The number of ether oxygens (including phenoxy) is 1. The highest BCUT2D eigenvalue weighted by molar-refractivity contribution is 7.09. The smallest absolute Gasteiger partial charge is 0.338 e. The van der Waals surface area contributed by atoms with E-state index < -0.39 is 24.4 Å². The van der Waals surface area contributed by atoms with E-state index in [0.717, 1.165) is 17.7 Å². The number of hydrogen-bond donors (Lipinski definition) is 1. The first-order chi connectivity index (χ1) is 13.5. The second kappa shape index (κ2) is 8.79. The van der Waals surface area contributed by atoms with Crippen molar-refractivity contribution < 1.29 is 23.9 Å². The molecule has 7 nitrogen and oxygen atoms in total. The molecular formula is C20H20N2O5S. The van der Waals surface area contributed by atoms with Crippen LogP contribution in [0.1, 0.15) is 55.7 Å². The third-order valence-electron chi connectivity index (χ3n) is 4.32. The number of rotatable bonds is 8. The van der Waals surface area contributed by atoms with Gasteiger partial charge >= 0.3 is 5.97 Å². The summed E-state index contributed by atoms with van der Waals surface area (Å²) in [4.78, 5) is 51.0. The minimum atomic E-state index is -0.721. The second-order valence-corrected chi connectivity index (χ2v) is 7.34. The number of carbonyl (C=O) groups excluding carboxylic acids is 4. The molecule has 0 fully saturated rings. The average Bonchev–Trinajstić information content (AvgIpc) is 3.30. The maximum atomic E-state index is 12.4. The van der Waals surface area contributed by atoms with E-state index >= 15 is 0 Å². The number of hydrogen-bond acceptors (Lipinski definition) is 6. The lowest BCUT2D eigenvalue weighted by atomic mass is 10.1. The summed E-state index contributed by atoms with van der Waals surface area (Å²) < 4.78 is 5.02. The topological polar surface area (TPSA) is 92.8 Å². The number of esters is 1. The van der Waals surface area contributed by atoms with E-state index in [-0.39, 0.29) is 22.6 Å². The Morgan fingerprint density at radius 1 is 1.14 bits per heavy atom. The number of carbonyl (C=O) groups is 4. The zero-order chi connectivity index (χ0) is 20.1. The third kappa shape index (κ3) is 4.28. The fourth-order valence-electron chi connectivity index (χ4n) is 2.80. The van der Waals surface area contributed by atoms with Gasteiger partial charge in [-0.1, -0.05) is 19.4 Å². The first-order valence-corrected chi connectivity index (χ1v) is 9.85. The fourth-order valence-corrected chi connectivity index (χ4v) is 3.45. The van der Waals surface area contributed by atoms with Crippen LogP contribution in [0.3, 0.4) is 0 Å². The molecular weight excluding hydrogens is 380 g/mol. The van der Waals surface area contributed by atoms with Crippen LogP contribution in [0.5, 0.6) is 0 Å². The van der Waals surface area contributed by atoms with Crippen LogP contribution in [0.15, 0.2) is 35.7 Å². The summed E-state index contributed by atoms with van der Waals surface area (Å²) >= 11 is 1.52. The summed E-state index contributed by atoms with van der Waals surface area (Å²) in [5.41, 5.74) is 0.604. The lowest BCUT2D eigenvalue weighted by Crippen LogP contribution is -2.30. The molecule has 28 heavy (non-hydrogen) atoms. The van der Waals surface area contributed by atoms with Gasteiger partial charge in [0.2, 0.25) is 0 Å². The third-order valence-corrected chi connectivity index (χ3v) is 5.19. The lowest BCUT2D eigenvalue weighted by Gasteiger charge is -2.12. The summed E-state index contributed by atoms with van der Waals surface area (Å²) in [5.74, 6) is -1.89. The van der Waals surface area contributed by atoms with Crippen LogP contribution in [0.4, 0.5) is 0 Å². The van der Waals surface area contributed by atoms with Gasteiger partial charge in [-0.3, -0.25) is 19.3 Å². The second-order valence-electron chi connectivity index (χ2n) is 6.31. The van der Waals surface area contributed by atoms with Crippen LogP contribution in [0, 0.1) is 0 Å². The highest BCUT2D eigenvalue weighted by Gasteiger charge is 2.35. The molecule has 0 unspecified atom stereocenters. The average molecular weight is 400 g/mol. The van der Waals surface area contributed by atoms with E-state index in [1.807, 2.05) is 24.4 Å². The molecule has 0 radical (unpaired) electrons. The first kappa shape index (κ1) is 19.8. The predicted octanol–water partition coefficient (Wildman–Crippen LogP) is 2.62. The summed E-state index contributed by atoms with van der Waals surface area (Å²) in [6.45, 7) is 2.28. The molecule has 3 amide bonds. The molecule has 0 saturated heterocycles. The summed E-state index contributed by atoms with van der Waals surface area (Å²) in [6, 6.07) is 8.01. The normalized spacial score (nSPS) is 12.8. The van der Waals surface area contributed by atoms with E-state index in [9.17, 15) is 19.2 Å². The van der Waals surface area contributed by atoms with Crippen molar-refractivity contribution >= 4 is 35.0 Å². The highest BCUT2D eigenvalue weighted by Crippen LogP contribution is 2.24. The number of amides is 3. The van der Waals surface area contributed by atoms with Crippen LogP contribution in [0.2, 0.25) is 0 Å². The molecule has 1 aliphatic heterocycles. The minimum absolute atomic E-state index is 0.128. The van der Waals surface area contributed by atoms with Crippen LogP contribution >= 0.6 is 11.3 Å². The molecule has 8 heteroatoms. The van der Waals surface area contributed by atoms with E-state index in [0.29, 0.717) is 13.1 Å². The van der Waals surface area contributed by atoms with Gasteiger partial charge in [0.1, 0.15) is 0 Å². The van der Waals surface area contributed by atoms with Gasteiger partial charge in [0.25, 0.3) is 17.7 Å². The zero-order valence-corrected chi connectivity index (χ0v) is 16.2. The van der Waals surface area contributed by atoms with Gasteiger partial charge in [-0.05, 0) is 36.1 Å². The first-order valence-electron chi connectivity index (χ1n) is 8.97. The van der Waals surface area contributed by atoms with E-state index in [4.69, 9.17) is 4.74 Å². The van der Waals surface area contributed by atoms with Gasteiger partial charge in [0, 0.05) is 11.4 Å². The van der Waals surface area contributed by atoms with Gasteiger partial charge in [-0.25, -0.2) is 4.79 Å². The molecule has 0 saturated carbocycles. The van der Waals surface area contributed by atoms with Crippen molar-refractivity contribution in [3.8, 4) is 0 Å². The largest absolute Gasteiger partial charge is 0.452 e. The van der Waals surface area contributed by atoms with Gasteiger partial charge < -0.3 is 10.1 Å². The molecule has 1 aromatic heterocycles. The SMILES string of the molecule is CCCCN1C(=O)c2ccc(C(=O)OCC(=O)NCc3cccs3)cc2C1=O. The van der Waals surface area contributed by atoms with E-state index in [1.165, 1.54) is 34.4 Å². The zero-order valence-electron chi connectivity index (χ0n) is 15.4. The summed E-state index contributed by atoms with van der Waals surface area (Å²) in [5, 5.41) is 4.57. The Balaban J connectivity index is 1.58. The summed E-state index contributed by atoms with van der Waals surface area (Å²) in [6.07, 6.45) is 1.58. The Morgan fingerprint density at radius 2 is 1.93 bits per heavy atom. The van der Waals surface area contributed by atoms with Crippen molar-refractivity contribution in [2.75, 3.05) is 13.2 Å². The van der Waals surface area contributed by atoms with E-state index in [1.54, 1.807) is 0 Å². The minimum Gasteiger partial charge on any atom is -0.452 e. The molecule has 1 aliphatic rings. The van der Waals surface area contributed by atoms with Crippen molar-refractivity contribution in [2.45, 2.75) is 26.3 Å². The standard InChI is InChI=1S/C20H20N2O5S/c1-2-3-8-22-18(24)15-7-6-13(10-16(15)19(22)25)20(26)27-12-17(23)21-11-14-5-4-9-28-14/h4-7,9-10H,2-3,8,11-12H2,1H3,(H,21,23). The molecule has 2 heterocycles. The lowest BCUT2D eigenvalue weighted by molar-refractivity contribution is -0.124. The number of unbranched alkanes of at least 4 members (excludes halogenated alkanes) is 1. The van der Waals surface area contributed by atoms with Crippen LogP contribution in [0.25, 0.3) is 0 Å². The fraction of sp³-hybridized carbons (Fsp3) is 0.300. The number of nitrogens with one attached hydrogen (secondary N) is 1. The monoisotopic (exact) mass is 400 g/mol. The van der Waals surface area contributed by atoms with Crippen molar-refractivity contribution in [2.24, 2.45) is 0 Å². The Bertz CT molecular complexity index is 907. The van der Waals surface area contributed by atoms with Gasteiger partial charge in [0.15, 0.2) is 6.61 Å². The van der Waals surface area contributed by atoms with Crippen molar-refractivity contribution in [1.82, 2.24) is 10.2 Å². The van der Waals surface area contributed by atoms with E-state index in [2.05, 4.69) is 5.32 Å². The van der Waals surface area contributed by atoms with Gasteiger partial charge in [0.05, 0.1) is 23.2 Å². The molecule has 3 rings (SSSR count).